The molecule has 1 saturated heterocycles. The Morgan fingerprint density at radius 1 is 1.09 bits per heavy atom. The molecule has 0 spiro atoms. The van der Waals surface area contributed by atoms with Gasteiger partial charge in [0.1, 0.15) is 0 Å². The molecule has 2 aromatic carbocycles. The number of hydrogen-bond acceptors (Lipinski definition) is 3. The van der Waals surface area contributed by atoms with Crippen LogP contribution in [0, 0.1) is 0 Å². The van der Waals surface area contributed by atoms with E-state index in [0.717, 1.165) is 24.5 Å². The van der Waals surface area contributed by atoms with Gasteiger partial charge in [0, 0.05) is 18.8 Å². The van der Waals surface area contributed by atoms with Crippen LogP contribution in [0.25, 0.3) is 0 Å². The van der Waals surface area contributed by atoms with Crippen LogP contribution in [0.2, 0.25) is 5.02 Å². The average Bonchev–Trinajstić information content (AvgIpc) is 2.56. The van der Waals surface area contributed by atoms with E-state index >= 15 is 0 Å². The smallest absolute Gasteiger partial charge is 0.257 e. The molecule has 0 radical (unpaired) electrons. The van der Waals surface area contributed by atoms with Crippen LogP contribution in [0.4, 0.5) is 17.1 Å². The number of halogens is 1. The number of benzene rings is 2. The topological polar surface area (TPSA) is 58.4 Å². The van der Waals surface area contributed by atoms with Gasteiger partial charge in [-0.3, -0.25) is 4.79 Å². The first-order valence-corrected chi connectivity index (χ1v) is 8.23. The molecule has 1 aliphatic rings. The van der Waals surface area contributed by atoms with E-state index in [2.05, 4.69) is 10.2 Å². The third-order valence-electron chi connectivity index (χ3n) is 4.09. The van der Waals surface area contributed by atoms with Crippen molar-refractivity contribution in [2.75, 3.05) is 29.0 Å². The van der Waals surface area contributed by atoms with Gasteiger partial charge >= 0.3 is 0 Å². The van der Waals surface area contributed by atoms with Gasteiger partial charge in [-0.2, -0.15) is 0 Å². The lowest BCUT2D eigenvalue weighted by atomic mass is 10.1. The normalized spacial score (nSPS) is 14.6. The van der Waals surface area contributed by atoms with Crippen molar-refractivity contribution in [2.24, 2.45) is 0 Å². The van der Waals surface area contributed by atoms with E-state index in [1.807, 2.05) is 24.3 Å². The summed E-state index contributed by atoms with van der Waals surface area (Å²) in [5.74, 6) is -0.223. The number of hydrogen-bond donors (Lipinski definition) is 2. The molecule has 4 nitrogen and oxygen atoms in total. The minimum Gasteiger partial charge on any atom is -0.399 e. The van der Waals surface area contributed by atoms with Crippen molar-refractivity contribution in [2.45, 2.75) is 19.3 Å². The van der Waals surface area contributed by atoms with Gasteiger partial charge in [-0.05, 0) is 49.6 Å². The molecule has 1 amide bonds. The number of rotatable bonds is 3. The molecule has 1 fully saturated rings. The number of nitrogen functional groups attached to an aromatic ring is 1. The van der Waals surface area contributed by atoms with E-state index in [4.69, 9.17) is 17.3 Å². The summed E-state index contributed by atoms with van der Waals surface area (Å²) in [4.78, 5) is 14.8. The van der Waals surface area contributed by atoms with Crippen LogP contribution in [-0.4, -0.2) is 19.0 Å². The largest absolute Gasteiger partial charge is 0.399 e. The van der Waals surface area contributed by atoms with Gasteiger partial charge in [0.05, 0.1) is 22.0 Å². The van der Waals surface area contributed by atoms with Crippen molar-refractivity contribution < 1.29 is 4.79 Å². The lowest BCUT2D eigenvalue weighted by Crippen LogP contribution is -2.30. The maximum atomic E-state index is 12.5. The van der Waals surface area contributed by atoms with E-state index in [9.17, 15) is 4.79 Å². The summed E-state index contributed by atoms with van der Waals surface area (Å²) in [5.41, 5.74) is 8.52. The number of nitrogens with one attached hydrogen (secondary N) is 1. The summed E-state index contributed by atoms with van der Waals surface area (Å²) in [6.45, 7) is 2.05. The summed E-state index contributed by atoms with van der Waals surface area (Å²) in [5, 5.41) is 3.34. The Balaban J connectivity index is 1.83. The molecule has 0 aliphatic carbocycles. The quantitative estimate of drug-likeness (QED) is 0.831. The van der Waals surface area contributed by atoms with E-state index in [0.29, 0.717) is 16.3 Å². The van der Waals surface area contributed by atoms with Gasteiger partial charge in [-0.25, -0.2) is 0 Å². The fourth-order valence-electron chi connectivity index (χ4n) is 2.90. The maximum Gasteiger partial charge on any atom is 0.257 e. The second-order valence-electron chi connectivity index (χ2n) is 5.76. The summed E-state index contributed by atoms with van der Waals surface area (Å²) in [7, 11) is 0. The summed E-state index contributed by atoms with van der Waals surface area (Å²) in [6.07, 6.45) is 3.64. The zero-order valence-corrected chi connectivity index (χ0v) is 13.6. The van der Waals surface area contributed by atoms with Crippen LogP contribution < -0.4 is 16.0 Å². The van der Waals surface area contributed by atoms with Gasteiger partial charge in [0.25, 0.3) is 5.91 Å². The molecule has 0 atom stereocenters. The van der Waals surface area contributed by atoms with Crippen molar-refractivity contribution in [1.29, 1.82) is 0 Å². The van der Waals surface area contributed by atoms with Crippen LogP contribution in [0.1, 0.15) is 29.6 Å². The number of anilines is 3. The number of nitrogens with zero attached hydrogens (tertiary/aromatic N) is 1. The molecule has 0 saturated carbocycles. The van der Waals surface area contributed by atoms with E-state index in [1.54, 1.807) is 18.2 Å². The Labute approximate surface area is 141 Å². The van der Waals surface area contributed by atoms with Gasteiger partial charge < -0.3 is 16.0 Å². The van der Waals surface area contributed by atoms with Gasteiger partial charge in [-0.1, -0.05) is 23.7 Å². The molecule has 1 heterocycles. The zero-order valence-electron chi connectivity index (χ0n) is 12.9. The van der Waals surface area contributed by atoms with E-state index in [-0.39, 0.29) is 5.91 Å². The predicted octanol–water partition coefficient (Wildman–Crippen LogP) is 4.16. The lowest BCUT2D eigenvalue weighted by molar-refractivity contribution is 0.102. The standard InChI is InChI=1S/C18H20ClN3O/c19-15-12-13(20)8-9-14(15)18(23)21-16-6-2-3-7-17(16)22-10-4-1-5-11-22/h2-3,6-9,12H,1,4-5,10-11,20H2,(H,21,23). The molecular formula is C18H20ClN3O. The minimum atomic E-state index is -0.223. The number of carbonyl (C=O) groups excluding carboxylic acids is 1. The van der Waals surface area contributed by atoms with E-state index < -0.39 is 0 Å². The number of nitrogens with two attached hydrogens (primary N) is 1. The highest BCUT2D eigenvalue weighted by Crippen LogP contribution is 2.29. The molecule has 5 heteroatoms. The highest BCUT2D eigenvalue weighted by Gasteiger charge is 2.17. The fraction of sp³-hybridized carbons (Fsp3) is 0.278. The molecule has 23 heavy (non-hydrogen) atoms. The highest BCUT2D eigenvalue weighted by atomic mass is 35.5. The maximum absolute atomic E-state index is 12.5. The number of amides is 1. The fourth-order valence-corrected chi connectivity index (χ4v) is 3.17. The van der Waals surface area contributed by atoms with Crippen molar-refractivity contribution >= 4 is 34.6 Å². The van der Waals surface area contributed by atoms with Gasteiger partial charge in [0.15, 0.2) is 0 Å². The number of carbonyl (C=O) groups is 1. The van der Waals surface area contributed by atoms with Gasteiger partial charge in [-0.15, -0.1) is 0 Å². The third-order valence-corrected chi connectivity index (χ3v) is 4.40. The van der Waals surface area contributed by atoms with Crippen molar-refractivity contribution in [3.8, 4) is 0 Å². The number of para-hydroxylation sites is 2. The molecule has 3 rings (SSSR count). The SMILES string of the molecule is Nc1ccc(C(=O)Nc2ccccc2N2CCCCC2)c(Cl)c1. The molecular weight excluding hydrogens is 310 g/mol. The number of piperidine rings is 1. The lowest BCUT2D eigenvalue weighted by Gasteiger charge is -2.30. The van der Waals surface area contributed by atoms with Crippen molar-refractivity contribution in [1.82, 2.24) is 0 Å². The average molecular weight is 330 g/mol. The molecule has 0 bridgehead atoms. The van der Waals surface area contributed by atoms with Gasteiger partial charge in [0.2, 0.25) is 0 Å². The Morgan fingerprint density at radius 3 is 2.57 bits per heavy atom. The monoisotopic (exact) mass is 329 g/mol. The summed E-state index contributed by atoms with van der Waals surface area (Å²) < 4.78 is 0. The summed E-state index contributed by atoms with van der Waals surface area (Å²) >= 11 is 6.13. The first-order chi connectivity index (χ1) is 11.1. The molecule has 120 valence electrons. The highest BCUT2D eigenvalue weighted by molar-refractivity contribution is 6.34. The van der Waals surface area contributed by atoms with Crippen LogP contribution >= 0.6 is 11.6 Å². The van der Waals surface area contributed by atoms with Crippen molar-refractivity contribution in [3.63, 3.8) is 0 Å². The minimum absolute atomic E-state index is 0.223. The van der Waals surface area contributed by atoms with Crippen LogP contribution in [0.5, 0.6) is 0 Å². The van der Waals surface area contributed by atoms with Crippen molar-refractivity contribution in [3.05, 3.63) is 53.1 Å². The zero-order chi connectivity index (χ0) is 16.2. The molecule has 2 aromatic rings. The Morgan fingerprint density at radius 2 is 1.83 bits per heavy atom. The molecule has 3 N–H and O–H groups in total. The Kier molecular flexibility index (Phi) is 4.72. The predicted molar refractivity (Wildman–Crippen MR) is 96.3 cm³/mol. The molecule has 1 aliphatic heterocycles. The molecule has 0 unspecified atom stereocenters. The first-order valence-electron chi connectivity index (χ1n) is 7.85. The van der Waals surface area contributed by atoms with Crippen LogP contribution in [-0.2, 0) is 0 Å². The first kappa shape index (κ1) is 15.7. The third kappa shape index (κ3) is 3.59. The van der Waals surface area contributed by atoms with E-state index in [1.165, 1.54) is 19.3 Å². The molecule has 0 aromatic heterocycles. The van der Waals surface area contributed by atoms with Crippen LogP contribution in [0.15, 0.2) is 42.5 Å². The Bertz CT molecular complexity index is 711. The summed E-state index contributed by atoms with van der Waals surface area (Å²) in [6, 6.07) is 12.8. The second-order valence-corrected chi connectivity index (χ2v) is 6.17. The van der Waals surface area contributed by atoms with Crippen LogP contribution in [0.3, 0.4) is 0 Å². The Hall–Kier alpha value is -2.20. The second kappa shape index (κ2) is 6.92.